The van der Waals surface area contributed by atoms with Gasteiger partial charge >= 0.3 is 11.7 Å². The van der Waals surface area contributed by atoms with E-state index in [0.29, 0.717) is 0 Å². The van der Waals surface area contributed by atoms with Crippen molar-refractivity contribution < 1.29 is 19.9 Å². The van der Waals surface area contributed by atoms with Crippen LogP contribution in [0, 0.1) is 16.0 Å². The van der Waals surface area contributed by atoms with E-state index in [1.807, 2.05) is 13.8 Å². The number of nitro benzene ring substituents is 1. The van der Waals surface area contributed by atoms with Gasteiger partial charge in [-0.15, -0.1) is 0 Å². The molecule has 0 amide bonds. The minimum absolute atomic E-state index is 0.0399. The Morgan fingerprint density at radius 3 is 2.53 bits per heavy atom. The van der Waals surface area contributed by atoms with Crippen LogP contribution in [-0.4, -0.2) is 33.8 Å². The molecule has 1 aromatic carbocycles. The van der Waals surface area contributed by atoms with E-state index in [9.17, 15) is 20.0 Å². The average molecular weight is 268 g/mol. The van der Waals surface area contributed by atoms with Crippen LogP contribution in [0.4, 0.5) is 11.4 Å². The number of hydrogen-bond acceptors (Lipinski definition) is 5. The third kappa shape index (κ3) is 3.41. The molecule has 7 heteroatoms. The van der Waals surface area contributed by atoms with Crippen molar-refractivity contribution in [1.82, 2.24) is 0 Å². The fourth-order valence-corrected chi connectivity index (χ4v) is 1.65. The minimum Gasteiger partial charge on any atom is -0.477 e. The van der Waals surface area contributed by atoms with Gasteiger partial charge in [-0.3, -0.25) is 10.1 Å². The highest BCUT2D eigenvalue weighted by Crippen LogP contribution is 2.29. The van der Waals surface area contributed by atoms with Crippen LogP contribution < -0.4 is 5.32 Å². The Labute approximate surface area is 110 Å². The molecule has 0 saturated heterocycles. The SMILES string of the molecule is CC(C)[C@@H](CO)Nc1cccc(C(=O)O)c1[N+](=O)[O-]. The molecule has 0 spiro atoms. The third-order valence-corrected chi connectivity index (χ3v) is 2.79. The van der Waals surface area contributed by atoms with Gasteiger partial charge in [-0.2, -0.15) is 0 Å². The van der Waals surface area contributed by atoms with Crippen molar-refractivity contribution >= 4 is 17.3 Å². The third-order valence-electron chi connectivity index (χ3n) is 2.79. The number of carboxylic acid groups (broad SMARTS) is 1. The molecular formula is C12H16N2O5. The summed E-state index contributed by atoms with van der Waals surface area (Å²) < 4.78 is 0. The van der Waals surface area contributed by atoms with Gasteiger partial charge in [0.2, 0.25) is 0 Å². The van der Waals surface area contributed by atoms with Gasteiger partial charge in [-0.1, -0.05) is 19.9 Å². The Morgan fingerprint density at radius 1 is 1.47 bits per heavy atom. The molecule has 1 aromatic rings. The van der Waals surface area contributed by atoms with Gasteiger partial charge in [0.25, 0.3) is 0 Å². The van der Waals surface area contributed by atoms with Crippen molar-refractivity contribution in [2.24, 2.45) is 5.92 Å². The molecule has 0 saturated carbocycles. The first-order valence-corrected chi connectivity index (χ1v) is 5.76. The van der Waals surface area contributed by atoms with Crippen molar-refractivity contribution in [1.29, 1.82) is 0 Å². The van der Waals surface area contributed by atoms with E-state index in [4.69, 9.17) is 5.11 Å². The number of aliphatic hydroxyl groups excluding tert-OH is 1. The molecule has 0 aromatic heterocycles. The van der Waals surface area contributed by atoms with Gasteiger partial charge < -0.3 is 15.5 Å². The monoisotopic (exact) mass is 268 g/mol. The summed E-state index contributed by atoms with van der Waals surface area (Å²) in [5.41, 5.74) is -0.776. The van der Waals surface area contributed by atoms with E-state index >= 15 is 0 Å². The van der Waals surface area contributed by atoms with Crippen LogP contribution in [0.3, 0.4) is 0 Å². The van der Waals surface area contributed by atoms with Gasteiger partial charge in [0.05, 0.1) is 17.6 Å². The molecule has 104 valence electrons. The lowest BCUT2D eigenvalue weighted by molar-refractivity contribution is -0.384. The summed E-state index contributed by atoms with van der Waals surface area (Å²) in [5.74, 6) is -1.32. The zero-order chi connectivity index (χ0) is 14.6. The number of para-hydroxylation sites is 1. The lowest BCUT2D eigenvalue weighted by atomic mass is 10.0. The van der Waals surface area contributed by atoms with Gasteiger partial charge in [-0.05, 0) is 18.1 Å². The van der Waals surface area contributed by atoms with Crippen LogP contribution in [-0.2, 0) is 0 Å². The van der Waals surface area contributed by atoms with Crippen LogP contribution in [0.2, 0.25) is 0 Å². The minimum atomic E-state index is -1.36. The predicted molar refractivity (Wildman–Crippen MR) is 69.4 cm³/mol. The number of carboxylic acids is 1. The fraction of sp³-hybridized carbons (Fsp3) is 0.417. The van der Waals surface area contributed by atoms with E-state index in [-0.39, 0.29) is 29.8 Å². The van der Waals surface area contributed by atoms with Gasteiger partial charge in [0, 0.05) is 0 Å². The Balaban J connectivity index is 3.24. The first-order chi connectivity index (χ1) is 8.88. The summed E-state index contributed by atoms with van der Waals surface area (Å²) in [6.45, 7) is 3.49. The Hall–Kier alpha value is -2.15. The van der Waals surface area contributed by atoms with Gasteiger partial charge in [0.15, 0.2) is 0 Å². The fourth-order valence-electron chi connectivity index (χ4n) is 1.65. The van der Waals surface area contributed by atoms with Crippen molar-refractivity contribution in [3.05, 3.63) is 33.9 Å². The van der Waals surface area contributed by atoms with Crippen LogP contribution in [0.1, 0.15) is 24.2 Å². The highest BCUT2D eigenvalue weighted by atomic mass is 16.6. The molecule has 3 N–H and O–H groups in total. The molecule has 0 heterocycles. The quantitative estimate of drug-likeness (QED) is 0.535. The molecule has 0 fully saturated rings. The van der Waals surface area contributed by atoms with Gasteiger partial charge in [-0.25, -0.2) is 4.79 Å². The van der Waals surface area contributed by atoms with E-state index in [1.165, 1.54) is 18.2 Å². The molecule has 0 aliphatic rings. The highest BCUT2D eigenvalue weighted by Gasteiger charge is 2.25. The number of aliphatic hydroxyl groups is 1. The second-order valence-electron chi connectivity index (χ2n) is 4.44. The number of nitro groups is 1. The van der Waals surface area contributed by atoms with E-state index in [2.05, 4.69) is 5.32 Å². The molecule has 1 rings (SSSR count). The molecule has 1 atom stereocenters. The zero-order valence-corrected chi connectivity index (χ0v) is 10.7. The average Bonchev–Trinajstić information content (AvgIpc) is 2.34. The number of carbonyl (C=O) groups is 1. The van der Waals surface area contributed by atoms with Crippen molar-refractivity contribution in [2.75, 3.05) is 11.9 Å². The lowest BCUT2D eigenvalue weighted by Crippen LogP contribution is -2.29. The summed E-state index contributed by atoms with van der Waals surface area (Å²) in [6.07, 6.45) is 0. The first-order valence-electron chi connectivity index (χ1n) is 5.76. The highest BCUT2D eigenvalue weighted by molar-refractivity contribution is 5.95. The number of nitrogens with one attached hydrogen (secondary N) is 1. The molecular weight excluding hydrogens is 252 g/mol. The van der Waals surface area contributed by atoms with Crippen LogP contribution >= 0.6 is 0 Å². The molecule has 0 bridgehead atoms. The maximum Gasteiger partial charge on any atom is 0.342 e. The Morgan fingerprint density at radius 2 is 2.11 bits per heavy atom. The smallest absolute Gasteiger partial charge is 0.342 e. The van der Waals surface area contributed by atoms with E-state index < -0.39 is 16.6 Å². The normalized spacial score (nSPS) is 12.2. The second-order valence-corrected chi connectivity index (χ2v) is 4.44. The number of nitrogens with zero attached hydrogens (tertiary/aromatic N) is 1. The zero-order valence-electron chi connectivity index (χ0n) is 10.7. The topological polar surface area (TPSA) is 113 Å². The molecule has 0 unspecified atom stereocenters. The van der Waals surface area contributed by atoms with Crippen molar-refractivity contribution in [3.63, 3.8) is 0 Å². The summed E-state index contributed by atoms with van der Waals surface area (Å²) in [7, 11) is 0. The molecule has 0 aliphatic carbocycles. The number of aromatic carboxylic acids is 1. The largest absolute Gasteiger partial charge is 0.477 e. The van der Waals surface area contributed by atoms with Crippen molar-refractivity contribution in [2.45, 2.75) is 19.9 Å². The molecule has 0 radical (unpaired) electrons. The number of hydrogen-bond donors (Lipinski definition) is 3. The van der Waals surface area contributed by atoms with E-state index in [1.54, 1.807) is 0 Å². The molecule has 7 nitrogen and oxygen atoms in total. The summed E-state index contributed by atoms with van der Waals surface area (Å²) in [4.78, 5) is 21.3. The number of anilines is 1. The summed E-state index contributed by atoms with van der Waals surface area (Å²) in [6, 6.07) is 3.64. The Bertz CT molecular complexity index is 487. The predicted octanol–water partition coefficient (Wildman–Crippen LogP) is 1.72. The maximum absolute atomic E-state index is 11.0. The van der Waals surface area contributed by atoms with Crippen molar-refractivity contribution in [3.8, 4) is 0 Å². The lowest BCUT2D eigenvalue weighted by Gasteiger charge is -2.21. The second kappa shape index (κ2) is 6.14. The number of rotatable bonds is 6. The van der Waals surface area contributed by atoms with Gasteiger partial charge in [0.1, 0.15) is 11.3 Å². The summed E-state index contributed by atoms with van der Waals surface area (Å²) in [5, 5.41) is 32.0. The molecule has 0 aliphatic heterocycles. The standard InChI is InChI=1S/C12H16N2O5/c1-7(2)10(6-15)13-9-5-3-4-8(12(16)17)11(9)14(18)19/h3-5,7,10,13,15H,6H2,1-2H3,(H,16,17)/t10-/m1/s1. The maximum atomic E-state index is 11.0. The summed E-state index contributed by atoms with van der Waals surface area (Å²) >= 11 is 0. The van der Waals surface area contributed by atoms with Crippen LogP contribution in [0.25, 0.3) is 0 Å². The molecule has 19 heavy (non-hydrogen) atoms. The first kappa shape index (κ1) is 14.9. The number of benzene rings is 1. The Kier molecular flexibility index (Phi) is 4.82. The van der Waals surface area contributed by atoms with Crippen LogP contribution in [0.15, 0.2) is 18.2 Å². The van der Waals surface area contributed by atoms with E-state index in [0.717, 1.165) is 0 Å². The van der Waals surface area contributed by atoms with Crippen LogP contribution in [0.5, 0.6) is 0 Å².